The molecule has 2 atom stereocenters. The minimum absolute atomic E-state index is 0.313. The molecule has 0 aromatic heterocycles. The fourth-order valence-corrected chi connectivity index (χ4v) is 7.83. The fourth-order valence-electron chi connectivity index (χ4n) is 2.29. The first-order chi connectivity index (χ1) is 7.74. The predicted molar refractivity (Wildman–Crippen MR) is 78.8 cm³/mol. The summed E-state index contributed by atoms with van der Waals surface area (Å²) >= 11 is 6.04. The monoisotopic (exact) mass is 275 g/mol. The van der Waals surface area contributed by atoms with Gasteiger partial charge in [0.2, 0.25) is 0 Å². The maximum atomic E-state index is 6.04. The lowest BCUT2D eigenvalue weighted by Crippen LogP contribution is -2.27. The summed E-state index contributed by atoms with van der Waals surface area (Å²) in [7, 11) is 0. The standard InChI is InChI=1S/C12H26N3PS/c1-6-7-8-13-16(17,14-9-11(14,2)3)15-10-12(15,4)5/h6-10H2,1-5H3,(H,13,17). The zero-order chi connectivity index (χ0) is 12.9. The second-order valence-electron chi connectivity index (χ2n) is 6.55. The van der Waals surface area contributed by atoms with Gasteiger partial charge in [-0.15, -0.1) is 0 Å². The molecule has 5 heteroatoms. The normalized spacial score (nSPS) is 36.3. The van der Waals surface area contributed by atoms with Crippen molar-refractivity contribution in [3.8, 4) is 0 Å². The van der Waals surface area contributed by atoms with Gasteiger partial charge in [-0.1, -0.05) is 13.3 Å². The molecule has 2 unspecified atom stereocenters. The fraction of sp³-hybridized carbons (Fsp3) is 1.00. The van der Waals surface area contributed by atoms with Crippen molar-refractivity contribution in [3.63, 3.8) is 0 Å². The molecule has 2 aliphatic heterocycles. The van der Waals surface area contributed by atoms with E-state index < -0.39 is 6.49 Å². The smallest absolute Gasteiger partial charge is 0.144 e. The van der Waals surface area contributed by atoms with Gasteiger partial charge >= 0.3 is 0 Å². The van der Waals surface area contributed by atoms with Crippen molar-refractivity contribution in [3.05, 3.63) is 0 Å². The summed E-state index contributed by atoms with van der Waals surface area (Å²) < 4.78 is 5.03. The van der Waals surface area contributed by atoms with Crippen LogP contribution in [0.3, 0.4) is 0 Å². The summed E-state index contributed by atoms with van der Waals surface area (Å²) in [6, 6.07) is 0. The van der Waals surface area contributed by atoms with E-state index in [2.05, 4.69) is 49.0 Å². The van der Waals surface area contributed by atoms with E-state index in [1.807, 2.05) is 0 Å². The van der Waals surface area contributed by atoms with Gasteiger partial charge in [-0.25, -0.2) is 9.34 Å². The Bertz CT molecular complexity index is 328. The summed E-state index contributed by atoms with van der Waals surface area (Å²) in [5.74, 6) is 0. The van der Waals surface area contributed by atoms with Gasteiger partial charge in [0.1, 0.15) is 6.49 Å². The molecule has 0 aromatic rings. The second kappa shape index (κ2) is 4.28. The highest BCUT2D eigenvalue weighted by Crippen LogP contribution is 2.67. The summed E-state index contributed by atoms with van der Waals surface area (Å²) in [5, 5.41) is 3.71. The molecule has 0 bridgehead atoms. The van der Waals surface area contributed by atoms with Crippen LogP contribution >= 0.6 is 6.49 Å². The van der Waals surface area contributed by atoms with E-state index >= 15 is 0 Å². The molecule has 1 N–H and O–H groups in total. The molecule has 17 heavy (non-hydrogen) atoms. The molecule has 0 saturated carbocycles. The van der Waals surface area contributed by atoms with Gasteiger partial charge in [0.25, 0.3) is 0 Å². The van der Waals surface area contributed by atoms with Gasteiger partial charge in [0.15, 0.2) is 0 Å². The molecular weight excluding hydrogens is 249 g/mol. The highest BCUT2D eigenvalue weighted by atomic mass is 32.4. The SMILES string of the molecule is CCCCNP(=S)(N1CC1(C)C)N1CC1(C)C. The molecule has 0 amide bonds. The lowest BCUT2D eigenvalue weighted by molar-refractivity contribution is 0.563. The van der Waals surface area contributed by atoms with Crippen LogP contribution in [0.1, 0.15) is 47.5 Å². The number of nitrogens with one attached hydrogen (secondary N) is 1. The summed E-state index contributed by atoms with van der Waals surface area (Å²) in [6.07, 6.45) is 2.45. The maximum absolute atomic E-state index is 6.04. The van der Waals surface area contributed by atoms with Crippen LogP contribution in [0, 0.1) is 0 Å². The minimum Gasteiger partial charge on any atom is -0.265 e. The Hall–Kier alpha value is 0.530. The Morgan fingerprint density at radius 1 is 1.12 bits per heavy atom. The average Bonchev–Trinajstić information content (AvgIpc) is 3.03. The van der Waals surface area contributed by atoms with Gasteiger partial charge in [-0.05, 0) is 45.9 Å². The van der Waals surface area contributed by atoms with Crippen molar-refractivity contribution >= 4 is 18.3 Å². The van der Waals surface area contributed by atoms with Gasteiger partial charge in [0, 0.05) is 30.7 Å². The zero-order valence-corrected chi connectivity index (χ0v) is 13.5. The first-order valence-corrected chi connectivity index (χ1v) is 9.36. The van der Waals surface area contributed by atoms with Gasteiger partial charge in [0.05, 0.1) is 0 Å². The van der Waals surface area contributed by atoms with E-state index in [9.17, 15) is 0 Å². The second-order valence-corrected chi connectivity index (χ2v) is 10.4. The molecule has 0 aromatic carbocycles. The van der Waals surface area contributed by atoms with Crippen LogP contribution < -0.4 is 5.09 Å². The lowest BCUT2D eigenvalue weighted by Gasteiger charge is -2.30. The predicted octanol–water partition coefficient (Wildman–Crippen LogP) is 2.79. The number of rotatable bonds is 6. The molecule has 0 radical (unpaired) electrons. The van der Waals surface area contributed by atoms with E-state index in [1.165, 1.54) is 12.8 Å². The Kier molecular flexibility index (Phi) is 3.51. The van der Waals surface area contributed by atoms with Crippen LogP contribution in [0.5, 0.6) is 0 Å². The van der Waals surface area contributed by atoms with Gasteiger partial charge in [-0.2, -0.15) is 0 Å². The number of unbranched alkanes of at least 4 members (excludes halogenated alkanes) is 1. The molecule has 0 aliphatic carbocycles. The van der Waals surface area contributed by atoms with E-state index in [4.69, 9.17) is 11.8 Å². The van der Waals surface area contributed by atoms with E-state index in [1.54, 1.807) is 0 Å². The van der Waals surface area contributed by atoms with Gasteiger partial charge < -0.3 is 0 Å². The molecule has 2 fully saturated rings. The molecule has 2 heterocycles. The van der Waals surface area contributed by atoms with E-state index in [-0.39, 0.29) is 0 Å². The molecule has 2 rings (SSSR count). The van der Waals surface area contributed by atoms with Crippen LogP contribution in [0.2, 0.25) is 0 Å². The largest absolute Gasteiger partial charge is 0.265 e. The number of nitrogens with zero attached hydrogens (tertiary/aromatic N) is 2. The Morgan fingerprint density at radius 2 is 1.53 bits per heavy atom. The van der Waals surface area contributed by atoms with E-state index in [0.29, 0.717) is 11.1 Å². The molecule has 0 spiro atoms. The molecule has 2 aliphatic rings. The van der Waals surface area contributed by atoms with Crippen molar-refractivity contribution in [2.45, 2.75) is 58.5 Å². The van der Waals surface area contributed by atoms with Crippen LogP contribution in [0.25, 0.3) is 0 Å². The maximum Gasteiger partial charge on any atom is 0.144 e. The lowest BCUT2D eigenvalue weighted by atomic mass is 10.2. The van der Waals surface area contributed by atoms with Crippen LogP contribution in [0.4, 0.5) is 0 Å². The van der Waals surface area contributed by atoms with E-state index in [0.717, 1.165) is 19.6 Å². The minimum atomic E-state index is -1.66. The quantitative estimate of drug-likeness (QED) is 0.456. The highest BCUT2D eigenvalue weighted by molar-refractivity contribution is 8.11. The van der Waals surface area contributed by atoms with Gasteiger partial charge in [-0.3, -0.25) is 5.09 Å². The van der Waals surface area contributed by atoms with Crippen LogP contribution in [0.15, 0.2) is 0 Å². The summed E-state index contributed by atoms with van der Waals surface area (Å²) in [5.41, 5.74) is 0.626. The molecule has 3 nitrogen and oxygen atoms in total. The summed E-state index contributed by atoms with van der Waals surface area (Å²) in [4.78, 5) is 0. The van der Waals surface area contributed by atoms with Crippen molar-refractivity contribution in [2.75, 3.05) is 19.6 Å². The molecule has 100 valence electrons. The molecule has 2 saturated heterocycles. The molecular formula is C12H26N3PS. The van der Waals surface area contributed by atoms with Crippen molar-refractivity contribution in [1.29, 1.82) is 0 Å². The third-order valence-electron chi connectivity index (χ3n) is 3.77. The average molecular weight is 275 g/mol. The highest BCUT2D eigenvalue weighted by Gasteiger charge is 2.60. The van der Waals surface area contributed by atoms with Crippen molar-refractivity contribution < 1.29 is 0 Å². The Labute approximate surface area is 111 Å². The first kappa shape index (κ1) is 14.0. The Morgan fingerprint density at radius 3 is 1.82 bits per heavy atom. The Balaban J connectivity index is 2.06. The van der Waals surface area contributed by atoms with Crippen LogP contribution in [-0.2, 0) is 11.8 Å². The summed E-state index contributed by atoms with van der Waals surface area (Å²) in [6.45, 7) is 13.1. The van der Waals surface area contributed by atoms with Crippen LogP contribution in [-0.4, -0.2) is 40.1 Å². The number of hydrogen-bond donors (Lipinski definition) is 1. The van der Waals surface area contributed by atoms with Crippen molar-refractivity contribution in [1.82, 2.24) is 14.4 Å². The third kappa shape index (κ3) is 2.62. The topological polar surface area (TPSA) is 18.0 Å². The van der Waals surface area contributed by atoms with Crippen molar-refractivity contribution in [2.24, 2.45) is 0 Å². The first-order valence-electron chi connectivity index (χ1n) is 6.65. The number of hydrogen-bond acceptors (Lipinski definition) is 1. The zero-order valence-electron chi connectivity index (χ0n) is 11.8. The third-order valence-corrected chi connectivity index (χ3v) is 8.65.